The van der Waals surface area contributed by atoms with E-state index in [1.54, 1.807) is 42.5 Å². The zero-order valence-corrected chi connectivity index (χ0v) is 19.2. The van der Waals surface area contributed by atoms with Crippen molar-refractivity contribution >= 4 is 46.5 Å². The average molecular weight is 459 g/mol. The molecule has 4 rings (SSSR count). The molecule has 2 atom stereocenters. The molecule has 7 heteroatoms. The Kier molecular flexibility index (Phi) is 5.39. The van der Waals surface area contributed by atoms with E-state index in [0.29, 0.717) is 34.1 Å². The molecular formula is C24H24Cl2N2O3. The predicted octanol–water partition coefficient (Wildman–Crippen LogP) is 6.36. The first kappa shape index (κ1) is 21.8. The summed E-state index contributed by atoms with van der Waals surface area (Å²) < 4.78 is 0. The minimum absolute atomic E-state index is 0.143. The highest BCUT2D eigenvalue weighted by Gasteiger charge is 2.71. The lowest BCUT2D eigenvalue weighted by Gasteiger charge is -2.39. The summed E-state index contributed by atoms with van der Waals surface area (Å²) in [5.41, 5.74) is 0.0908. The summed E-state index contributed by atoms with van der Waals surface area (Å²) in [4.78, 5) is 31.2. The quantitative estimate of drug-likeness (QED) is 0.427. The Bertz CT molecular complexity index is 1060. The van der Waals surface area contributed by atoms with E-state index in [9.17, 15) is 9.59 Å². The second kappa shape index (κ2) is 7.64. The van der Waals surface area contributed by atoms with Crippen molar-refractivity contribution in [2.45, 2.75) is 40.0 Å². The van der Waals surface area contributed by atoms with Gasteiger partial charge in [0, 0.05) is 11.8 Å². The fourth-order valence-corrected chi connectivity index (χ4v) is 5.59. The van der Waals surface area contributed by atoms with E-state index in [2.05, 4.69) is 31.2 Å². The molecule has 2 aliphatic rings. The van der Waals surface area contributed by atoms with Gasteiger partial charge in [0.15, 0.2) is 0 Å². The number of para-hydroxylation sites is 1. The summed E-state index contributed by atoms with van der Waals surface area (Å²) in [6.45, 7) is 6.25. The number of fused-ring (bicyclic) bond motifs is 2. The van der Waals surface area contributed by atoms with Gasteiger partial charge in [-0.1, -0.05) is 73.4 Å². The number of rotatable bonds is 4. The third-order valence-electron chi connectivity index (χ3n) is 7.62. The second-order valence-electron chi connectivity index (χ2n) is 9.05. The maximum Gasteiger partial charge on any atom is 0.365 e. The molecule has 0 radical (unpaired) electrons. The van der Waals surface area contributed by atoms with Gasteiger partial charge in [-0.2, -0.15) is 0 Å². The van der Waals surface area contributed by atoms with Gasteiger partial charge in [0.2, 0.25) is 5.91 Å². The first-order valence-corrected chi connectivity index (χ1v) is 11.0. The van der Waals surface area contributed by atoms with Gasteiger partial charge in [0.1, 0.15) is 0 Å². The lowest BCUT2D eigenvalue weighted by atomic mass is 9.64. The van der Waals surface area contributed by atoms with Crippen molar-refractivity contribution in [2.24, 2.45) is 21.4 Å². The van der Waals surface area contributed by atoms with E-state index in [0.717, 1.165) is 12.1 Å². The SMILES string of the molecule is CC12CCC(C(=O)Nc3c(Cl)cccc3Cl)(C/C1=N\OC(=O)c1ccccc1)C2(C)C. The van der Waals surface area contributed by atoms with Crippen LogP contribution < -0.4 is 5.32 Å². The van der Waals surface area contributed by atoms with Gasteiger partial charge in [0.05, 0.1) is 32.4 Å². The lowest BCUT2D eigenvalue weighted by Crippen LogP contribution is -2.43. The zero-order valence-electron chi connectivity index (χ0n) is 17.7. The van der Waals surface area contributed by atoms with Gasteiger partial charge < -0.3 is 10.2 Å². The number of carbonyl (C=O) groups is 2. The third kappa shape index (κ3) is 3.26. The number of nitrogens with one attached hydrogen (secondary N) is 1. The Morgan fingerprint density at radius 1 is 0.968 bits per heavy atom. The fraction of sp³-hybridized carbons (Fsp3) is 0.375. The molecule has 162 valence electrons. The van der Waals surface area contributed by atoms with E-state index in [-0.39, 0.29) is 11.3 Å². The summed E-state index contributed by atoms with van der Waals surface area (Å²) in [6.07, 6.45) is 1.88. The molecular weight excluding hydrogens is 435 g/mol. The molecule has 2 aromatic carbocycles. The van der Waals surface area contributed by atoms with Crippen molar-refractivity contribution < 1.29 is 14.4 Å². The minimum Gasteiger partial charge on any atom is -0.323 e. The molecule has 2 aromatic rings. The molecule has 0 heterocycles. The van der Waals surface area contributed by atoms with E-state index < -0.39 is 16.8 Å². The predicted molar refractivity (Wildman–Crippen MR) is 123 cm³/mol. The van der Waals surface area contributed by atoms with Gasteiger partial charge in [-0.15, -0.1) is 0 Å². The number of nitrogens with zero attached hydrogens (tertiary/aromatic N) is 1. The Hall–Kier alpha value is -2.37. The summed E-state index contributed by atoms with van der Waals surface area (Å²) in [5.74, 6) is -0.658. The topological polar surface area (TPSA) is 67.8 Å². The van der Waals surface area contributed by atoms with Crippen LogP contribution in [0.1, 0.15) is 50.4 Å². The molecule has 31 heavy (non-hydrogen) atoms. The van der Waals surface area contributed by atoms with Crippen LogP contribution in [0, 0.1) is 16.2 Å². The van der Waals surface area contributed by atoms with Crippen molar-refractivity contribution in [1.82, 2.24) is 0 Å². The van der Waals surface area contributed by atoms with Gasteiger partial charge in [-0.05, 0) is 42.5 Å². The summed E-state index contributed by atoms with van der Waals surface area (Å²) in [7, 11) is 0. The van der Waals surface area contributed by atoms with Crippen molar-refractivity contribution in [2.75, 3.05) is 5.32 Å². The van der Waals surface area contributed by atoms with Crippen LogP contribution in [0.5, 0.6) is 0 Å². The third-order valence-corrected chi connectivity index (χ3v) is 8.25. The number of oxime groups is 1. The largest absolute Gasteiger partial charge is 0.365 e. The fourth-order valence-electron chi connectivity index (χ4n) is 5.10. The number of carbonyl (C=O) groups excluding carboxylic acids is 2. The number of hydrogen-bond donors (Lipinski definition) is 1. The second-order valence-corrected chi connectivity index (χ2v) is 9.86. The average Bonchev–Trinajstić information content (AvgIpc) is 3.06. The molecule has 2 unspecified atom stereocenters. The highest BCUT2D eigenvalue weighted by atomic mass is 35.5. The standard InChI is InChI=1S/C24H24Cl2N2O3/c1-22(2)23(3)12-13-24(22,21(30)27-19-16(25)10-7-11-17(19)26)14-18(23)28-31-20(29)15-8-5-4-6-9-15/h4-11H,12-14H2,1-3H3,(H,27,30)/b28-18+. The Morgan fingerprint density at radius 2 is 1.61 bits per heavy atom. The highest BCUT2D eigenvalue weighted by molar-refractivity contribution is 6.39. The van der Waals surface area contributed by atoms with Gasteiger partial charge >= 0.3 is 5.97 Å². The Balaban J connectivity index is 1.62. The van der Waals surface area contributed by atoms with E-state index in [1.165, 1.54) is 0 Å². The van der Waals surface area contributed by atoms with Gasteiger partial charge in [-0.3, -0.25) is 4.79 Å². The lowest BCUT2D eigenvalue weighted by molar-refractivity contribution is -0.130. The van der Waals surface area contributed by atoms with E-state index in [4.69, 9.17) is 28.0 Å². The van der Waals surface area contributed by atoms with Crippen molar-refractivity contribution in [3.05, 3.63) is 64.1 Å². The van der Waals surface area contributed by atoms with Gasteiger partial charge in [-0.25, -0.2) is 4.79 Å². The monoisotopic (exact) mass is 458 g/mol. The van der Waals surface area contributed by atoms with Crippen molar-refractivity contribution in [1.29, 1.82) is 0 Å². The minimum atomic E-state index is -0.706. The van der Waals surface area contributed by atoms with E-state index >= 15 is 0 Å². The smallest absolute Gasteiger partial charge is 0.323 e. The van der Waals surface area contributed by atoms with Crippen LogP contribution in [0.4, 0.5) is 5.69 Å². The number of amides is 1. The maximum atomic E-state index is 13.6. The normalized spacial score (nSPS) is 27.3. The number of benzene rings is 2. The molecule has 0 spiro atoms. The molecule has 2 fully saturated rings. The van der Waals surface area contributed by atoms with Crippen LogP contribution in [-0.2, 0) is 9.63 Å². The highest BCUT2D eigenvalue weighted by Crippen LogP contribution is 2.71. The molecule has 0 aliphatic heterocycles. The maximum absolute atomic E-state index is 13.6. The zero-order chi connectivity index (χ0) is 22.4. The summed E-state index contributed by atoms with van der Waals surface area (Å²) in [5, 5.41) is 7.99. The van der Waals surface area contributed by atoms with Crippen LogP contribution in [0.25, 0.3) is 0 Å². The number of hydrogen-bond acceptors (Lipinski definition) is 4. The van der Waals surface area contributed by atoms with Crippen LogP contribution in [0.3, 0.4) is 0 Å². The van der Waals surface area contributed by atoms with Crippen LogP contribution in [-0.4, -0.2) is 17.6 Å². The molecule has 1 N–H and O–H groups in total. The summed E-state index contributed by atoms with van der Waals surface area (Å²) >= 11 is 12.5. The molecule has 1 amide bonds. The van der Waals surface area contributed by atoms with Crippen LogP contribution in [0.2, 0.25) is 10.0 Å². The van der Waals surface area contributed by atoms with E-state index in [1.807, 2.05) is 6.07 Å². The molecule has 2 aliphatic carbocycles. The number of anilines is 1. The molecule has 5 nitrogen and oxygen atoms in total. The van der Waals surface area contributed by atoms with Crippen LogP contribution >= 0.6 is 23.2 Å². The van der Waals surface area contributed by atoms with Crippen molar-refractivity contribution in [3.8, 4) is 0 Å². The Labute approximate surface area is 191 Å². The van der Waals surface area contributed by atoms with Crippen LogP contribution in [0.15, 0.2) is 53.7 Å². The first-order chi connectivity index (χ1) is 14.6. The molecule has 0 aromatic heterocycles. The number of halogens is 2. The first-order valence-electron chi connectivity index (χ1n) is 10.2. The Morgan fingerprint density at radius 3 is 2.26 bits per heavy atom. The van der Waals surface area contributed by atoms with Crippen molar-refractivity contribution in [3.63, 3.8) is 0 Å². The summed E-state index contributed by atoms with van der Waals surface area (Å²) in [6, 6.07) is 13.8. The molecule has 2 bridgehead atoms. The van der Waals surface area contributed by atoms with Gasteiger partial charge in [0.25, 0.3) is 0 Å². The molecule has 2 saturated carbocycles. The molecule has 0 saturated heterocycles.